The number of fused-ring (bicyclic) bond motifs is 1. The Hall–Kier alpha value is -3.03. The van der Waals surface area contributed by atoms with Crippen LogP contribution in [-0.4, -0.2) is 41.5 Å². The molecule has 2 aromatic rings. The molecule has 0 aliphatic carbocycles. The highest BCUT2D eigenvalue weighted by molar-refractivity contribution is 5.93. The Morgan fingerprint density at radius 3 is 2.65 bits per heavy atom. The molecule has 1 amide bonds. The summed E-state index contributed by atoms with van der Waals surface area (Å²) in [7, 11) is 1.80. The summed E-state index contributed by atoms with van der Waals surface area (Å²) in [6, 6.07) is 5.28. The Labute approximate surface area is 151 Å². The molecule has 8 nitrogen and oxygen atoms in total. The summed E-state index contributed by atoms with van der Waals surface area (Å²) in [4.78, 5) is 24.0. The number of aryl methyl sites for hydroxylation is 2. The Kier molecular flexibility index (Phi) is 5.11. The average molecular weight is 359 g/mol. The first kappa shape index (κ1) is 17.8. The lowest BCUT2D eigenvalue weighted by Crippen LogP contribution is -2.22. The van der Waals surface area contributed by atoms with Gasteiger partial charge in [0.2, 0.25) is 0 Å². The fraction of sp³-hybridized carbons (Fsp3) is 0.389. The van der Waals surface area contributed by atoms with E-state index < -0.39 is 11.9 Å². The minimum absolute atomic E-state index is 0.0505. The lowest BCUT2D eigenvalue weighted by atomic mass is 10.1. The van der Waals surface area contributed by atoms with Crippen molar-refractivity contribution in [2.75, 3.05) is 25.1 Å². The highest BCUT2D eigenvalue weighted by Crippen LogP contribution is 2.30. The standard InChI is InChI=1S/C18H21N3O5/c1-11-18(12(2)21(3)20-11)19-16(22)10-26-17(23)9-13-4-5-14-15(8-13)25-7-6-24-14/h4-5,8H,6-7,9-10H2,1-3H3,(H,19,22). The van der Waals surface area contributed by atoms with E-state index in [9.17, 15) is 9.59 Å². The van der Waals surface area contributed by atoms with Crippen LogP contribution in [0.4, 0.5) is 5.69 Å². The van der Waals surface area contributed by atoms with Crippen LogP contribution in [0.25, 0.3) is 0 Å². The first-order valence-electron chi connectivity index (χ1n) is 8.28. The molecule has 1 aromatic heterocycles. The van der Waals surface area contributed by atoms with E-state index >= 15 is 0 Å². The molecule has 138 valence electrons. The molecule has 3 rings (SSSR count). The number of carbonyl (C=O) groups excluding carboxylic acids is 2. The lowest BCUT2D eigenvalue weighted by molar-refractivity contribution is -0.146. The first-order valence-corrected chi connectivity index (χ1v) is 8.28. The molecule has 26 heavy (non-hydrogen) atoms. The third-order valence-corrected chi connectivity index (χ3v) is 4.09. The zero-order valence-electron chi connectivity index (χ0n) is 15.0. The Bertz CT molecular complexity index is 844. The second-order valence-electron chi connectivity index (χ2n) is 6.03. The number of amides is 1. The van der Waals surface area contributed by atoms with Crippen LogP contribution in [0, 0.1) is 13.8 Å². The number of benzene rings is 1. The van der Waals surface area contributed by atoms with Gasteiger partial charge in [0.05, 0.1) is 23.5 Å². The fourth-order valence-electron chi connectivity index (χ4n) is 2.69. The number of carbonyl (C=O) groups is 2. The number of esters is 1. The van der Waals surface area contributed by atoms with E-state index in [0.717, 1.165) is 11.3 Å². The summed E-state index contributed by atoms with van der Waals surface area (Å²) in [5, 5.41) is 6.95. The molecular weight excluding hydrogens is 338 g/mol. The quantitative estimate of drug-likeness (QED) is 0.814. The number of hydrogen-bond donors (Lipinski definition) is 1. The van der Waals surface area contributed by atoms with E-state index in [1.807, 2.05) is 6.92 Å². The minimum Gasteiger partial charge on any atom is -0.486 e. The van der Waals surface area contributed by atoms with E-state index in [1.165, 1.54) is 0 Å². The molecule has 2 heterocycles. The molecule has 0 atom stereocenters. The number of nitrogens with zero attached hydrogens (tertiary/aromatic N) is 2. The van der Waals surface area contributed by atoms with E-state index in [-0.39, 0.29) is 13.0 Å². The van der Waals surface area contributed by atoms with Crippen LogP contribution < -0.4 is 14.8 Å². The van der Waals surface area contributed by atoms with Crippen molar-refractivity contribution in [3.8, 4) is 11.5 Å². The van der Waals surface area contributed by atoms with Gasteiger partial charge in [0, 0.05) is 7.05 Å². The predicted molar refractivity (Wildman–Crippen MR) is 93.4 cm³/mol. The maximum atomic E-state index is 12.0. The molecule has 0 bridgehead atoms. The second-order valence-corrected chi connectivity index (χ2v) is 6.03. The van der Waals surface area contributed by atoms with Crippen molar-refractivity contribution in [3.05, 3.63) is 35.2 Å². The molecule has 0 fully saturated rings. The number of rotatable bonds is 5. The molecule has 0 saturated carbocycles. The normalized spacial score (nSPS) is 12.6. The Morgan fingerprint density at radius 1 is 1.23 bits per heavy atom. The maximum absolute atomic E-state index is 12.0. The summed E-state index contributed by atoms with van der Waals surface area (Å²) < 4.78 is 17.7. The lowest BCUT2D eigenvalue weighted by Gasteiger charge is -2.18. The van der Waals surface area contributed by atoms with Gasteiger partial charge in [-0.25, -0.2) is 0 Å². The van der Waals surface area contributed by atoms with Gasteiger partial charge in [-0.1, -0.05) is 6.07 Å². The first-order chi connectivity index (χ1) is 12.4. The van der Waals surface area contributed by atoms with Gasteiger partial charge in [0.1, 0.15) is 13.2 Å². The molecular formula is C18H21N3O5. The van der Waals surface area contributed by atoms with Crippen LogP contribution in [-0.2, 0) is 27.8 Å². The summed E-state index contributed by atoms with van der Waals surface area (Å²) >= 11 is 0. The van der Waals surface area contributed by atoms with Crippen LogP contribution >= 0.6 is 0 Å². The number of ether oxygens (including phenoxy) is 3. The monoisotopic (exact) mass is 359 g/mol. The highest BCUT2D eigenvalue weighted by Gasteiger charge is 2.16. The van der Waals surface area contributed by atoms with Crippen molar-refractivity contribution in [3.63, 3.8) is 0 Å². The van der Waals surface area contributed by atoms with E-state index in [0.29, 0.717) is 36.1 Å². The van der Waals surface area contributed by atoms with Crippen LogP contribution in [0.5, 0.6) is 11.5 Å². The zero-order valence-corrected chi connectivity index (χ0v) is 15.0. The molecule has 8 heteroatoms. The third kappa shape index (κ3) is 3.96. The molecule has 1 aliphatic rings. The summed E-state index contributed by atoms with van der Waals surface area (Å²) in [5.41, 5.74) is 2.92. The number of hydrogen-bond acceptors (Lipinski definition) is 6. The topological polar surface area (TPSA) is 91.7 Å². The van der Waals surface area contributed by atoms with Crippen LogP contribution in [0.3, 0.4) is 0 Å². The number of nitrogens with one attached hydrogen (secondary N) is 1. The van der Waals surface area contributed by atoms with Crippen molar-refractivity contribution in [2.24, 2.45) is 7.05 Å². The molecule has 0 unspecified atom stereocenters. The molecule has 0 radical (unpaired) electrons. The van der Waals surface area contributed by atoms with Gasteiger partial charge in [0.25, 0.3) is 5.91 Å². The fourth-order valence-corrected chi connectivity index (χ4v) is 2.69. The molecule has 0 saturated heterocycles. The van der Waals surface area contributed by atoms with Crippen LogP contribution in [0.2, 0.25) is 0 Å². The van der Waals surface area contributed by atoms with Crippen LogP contribution in [0.1, 0.15) is 17.0 Å². The Balaban J connectivity index is 1.51. The van der Waals surface area contributed by atoms with Crippen molar-refractivity contribution < 1.29 is 23.8 Å². The summed E-state index contributed by atoms with van der Waals surface area (Å²) in [6.45, 7) is 4.30. The molecule has 1 aliphatic heterocycles. The van der Waals surface area contributed by atoms with Crippen molar-refractivity contribution in [1.82, 2.24) is 9.78 Å². The number of aromatic nitrogens is 2. The van der Waals surface area contributed by atoms with Gasteiger partial charge >= 0.3 is 5.97 Å². The highest BCUT2D eigenvalue weighted by atomic mass is 16.6. The maximum Gasteiger partial charge on any atom is 0.310 e. The molecule has 1 N–H and O–H groups in total. The van der Waals surface area contributed by atoms with Gasteiger partial charge in [-0.2, -0.15) is 5.10 Å². The Morgan fingerprint density at radius 2 is 1.96 bits per heavy atom. The van der Waals surface area contributed by atoms with Gasteiger partial charge in [0.15, 0.2) is 18.1 Å². The van der Waals surface area contributed by atoms with Crippen molar-refractivity contribution in [1.29, 1.82) is 0 Å². The van der Waals surface area contributed by atoms with E-state index in [1.54, 1.807) is 36.9 Å². The largest absolute Gasteiger partial charge is 0.486 e. The zero-order chi connectivity index (χ0) is 18.7. The summed E-state index contributed by atoms with van der Waals surface area (Å²) in [6.07, 6.45) is 0.0505. The minimum atomic E-state index is -0.489. The van der Waals surface area contributed by atoms with Gasteiger partial charge in [-0.3, -0.25) is 14.3 Å². The van der Waals surface area contributed by atoms with E-state index in [2.05, 4.69) is 10.4 Å². The van der Waals surface area contributed by atoms with Crippen molar-refractivity contribution >= 4 is 17.6 Å². The average Bonchev–Trinajstić information content (AvgIpc) is 2.86. The smallest absolute Gasteiger partial charge is 0.310 e. The summed E-state index contributed by atoms with van der Waals surface area (Å²) in [5.74, 6) is 0.382. The predicted octanol–water partition coefficient (Wildman–Crippen LogP) is 1.53. The second kappa shape index (κ2) is 7.47. The van der Waals surface area contributed by atoms with Gasteiger partial charge < -0.3 is 19.5 Å². The molecule has 0 spiro atoms. The SMILES string of the molecule is Cc1nn(C)c(C)c1NC(=O)COC(=O)Cc1ccc2c(c1)OCCO2. The van der Waals surface area contributed by atoms with Gasteiger partial charge in [-0.05, 0) is 31.5 Å². The molecule has 1 aromatic carbocycles. The van der Waals surface area contributed by atoms with Gasteiger partial charge in [-0.15, -0.1) is 0 Å². The number of anilines is 1. The van der Waals surface area contributed by atoms with Crippen molar-refractivity contribution in [2.45, 2.75) is 20.3 Å². The van der Waals surface area contributed by atoms with Crippen LogP contribution in [0.15, 0.2) is 18.2 Å². The third-order valence-electron chi connectivity index (χ3n) is 4.09. The van der Waals surface area contributed by atoms with E-state index in [4.69, 9.17) is 14.2 Å².